The zero-order valence-electron chi connectivity index (χ0n) is 18.0. The van der Waals surface area contributed by atoms with E-state index >= 15 is 0 Å². The summed E-state index contributed by atoms with van der Waals surface area (Å²) in [5.74, 6) is 2.11. The lowest BCUT2D eigenvalue weighted by Crippen LogP contribution is -2.41. The molecule has 2 fully saturated rings. The Kier molecular flexibility index (Phi) is 6.68. The van der Waals surface area contributed by atoms with Crippen LogP contribution in [0.3, 0.4) is 0 Å². The standard InChI is InChI=1S/C23H32N4O2S/c1-16-4-7-21-22(27(16)17(2)28)9-8-20(18(14-24)15-25-19-5-6-19)23(21)29-12-11-26-10-3-13-30-26/h8-9,14-16,19H,3-7,10-13,24H2,1-2H3. The number of benzene rings is 1. The lowest BCUT2D eigenvalue weighted by molar-refractivity contribution is -0.117. The van der Waals surface area contributed by atoms with Gasteiger partial charge in [-0.15, -0.1) is 0 Å². The fraction of sp³-hybridized carbons (Fsp3) is 0.565. The van der Waals surface area contributed by atoms with Crippen LogP contribution in [0.1, 0.15) is 50.7 Å². The van der Waals surface area contributed by atoms with Gasteiger partial charge in [0.15, 0.2) is 0 Å². The second-order valence-corrected chi connectivity index (χ2v) is 9.50. The third-order valence-electron chi connectivity index (χ3n) is 5.96. The summed E-state index contributed by atoms with van der Waals surface area (Å²) in [5.41, 5.74) is 9.91. The van der Waals surface area contributed by atoms with Crippen molar-refractivity contribution in [1.29, 1.82) is 0 Å². The van der Waals surface area contributed by atoms with Gasteiger partial charge in [-0.3, -0.25) is 9.79 Å². The Morgan fingerprint density at radius 2 is 2.20 bits per heavy atom. The molecule has 2 N–H and O–H groups in total. The highest BCUT2D eigenvalue weighted by atomic mass is 32.2. The molecule has 0 radical (unpaired) electrons. The molecule has 0 spiro atoms. The number of rotatable bonds is 7. The van der Waals surface area contributed by atoms with E-state index in [9.17, 15) is 4.79 Å². The summed E-state index contributed by atoms with van der Waals surface area (Å²) >= 11 is 1.89. The third-order valence-corrected chi connectivity index (χ3v) is 7.16. The van der Waals surface area contributed by atoms with Crippen molar-refractivity contribution in [2.24, 2.45) is 10.7 Å². The highest BCUT2D eigenvalue weighted by molar-refractivity contribution is 7.97. The highest BCUT2D eigenvalue weighted by Crippen LogP contribution is 2.41. The Bertz CT molecular complexity index is 844. The van der Waals surface area contributed by atoms with Gasteiger partial charge < -0.3 is 15.4 Å². The Hall–Kier alpha value is -1.99. The Balaban J connectivity index is 1.66. The minimum Gasteiger partial charge on any atom is -0.491 e. The summed E-state index contributed by atoms with van der Waals surface area (Å²) in [7, 11) is 0. The number of nitrogens with two attached hydrogens (primary N) is 1. The summed E-state index contributed by atoms with van der Waals surface area (Å²) in [4.78, 5) is 18.9. The molecule has 1 aliphatic carbocycles. The van der Waals surface area contributed by atoms with E-state index in [0.29, 0.717) is 12.6 Å². The second kappa shape index (κ2) is 9.43. The van der Waals surface area contributed by atoms with E-state index in [2.05, 4.69) is 16.2 Å². The molecule has 1 aromatic rings. The highest BCUT2D eigenvalue weighted by Gasteiger charge is 2.30. The predicted octanol–water partition coefficient (Wildman–Crippen LogP) is 3.64. The molecule has 4 rings (SSSR count). The van der Waals surface area contributed by atoms with Gasteiger partial charge in [-0.25, -0.2) is 4.31 Å². The van der Waals surface area contributed by atoms with Crippen LogP contribution in [0.2, 0.25) is 0 Å². The smallest absolute Gasteiger partial charge is 0.224 e. The van der Waals surface area contributed by atoms with Crippen LogP contribution < -0.4 is 15.4 Å². The zero-order valence-corrected chi connectivity index (χ0v) is 18.8. The fourth-order valence-corrected chi connectivity index (χ4v) is 5.19. The van der Waals surface area contributed by atoms with Crippen LogP contribution in [-0.2, 0) is 11.2 Å². The number of hydrogen-bond donors (Lipinski definition) is 1. The Morgan fingerprint density at radius 1 is 1.37 bits per heavy atom. The molecule has 1 saturated heterocycles. The molecule has 2 heterocycles. The summed E-state index contributed by atoms with van der Waals surface area (Å²) in [6, 6.07) is 4.70. The van der Waals surface area contributed by atoms with E-state index in [0.717, 1.165) is 66.9 Å². The summed E-state index contributed by atoms with van der Waals surface area (Å²) in [6.45, 7) is 6.36. The number of fused-ring (bicyclic) bond motifs is 1. The average Bonchev–Trinajstić information content (AvgIpc) is 3.41. The maximum absolute atomic E-state index is 12.4. The maximum atomic E-state index is 12.4. The van der Waals surface area contributed by atoms with Crippen LogP contribution >= 0.6 is 11.9 Å². The molecule has 2 aliphatic heterocycles. The summed E-state index contributed by atoms with van der Waals surface area (Å²) in [6.07, 6.45) is 8.86. The van der Waals surface area contributed by atoms with Crippen molar-refractivity contribution in [3.05, 3.63) is 29.5 Å². The van der Waals surface area contributed by atoms with Crippen molar-refractivity contribution in [1.82, 2.24) is 4.31 Å². The molecule has 1 saturated carbocycles. The number of allylic oxidation sites excluding steroid dienone is 1. The zero-order chi connectivity index (χ0) is 21.1. The first-order valence-electron chi connectivity index (χ1n) is 11.0. The van der Waals surface area contributed by atoms with Crippen LogP contribution in [0.25, 0.3) is 5.57 Å². The minimum atomic E-state index is 0.0699. The van der Waals surface area contributed by atoms with E-state index in [4.69, 9.17) is 10.5 Å². The van der Waals surface area contributed by atoms with Crippen molar-refractivity contribution >= 4 is 35.3 Å². The molecule has 7 heteroatoms. The van der Waals surface area contributed by atoms with Crippen molar-refractivity contribution < 1.29 is 9.53 Å². The molecule has 30 heavy (non-hydrogen) atoms. The summed E-state index contributed by atoms with van der Waals surface area (Å²) in [5, 5.41) is 0. The number of amides is 1. The van der Waals surface area contributed by atoms with Gasteiger partial charge in [0.2, 0.25) is 5.91 Å². The predicted molar refractivity (Wildman–Crippen MR) is 125 cm³/mol. The van der Waals surface area contributed by atoms with Gasteiger partial charge in [0.1, 0.15) is 12.4 Å². The topological polar surface area (TPSA) is 71.2 Å². The van der Waals surface area contributed by atoms with Gasteiger partial charge in [-0.1, -0.05) is 11.9 Å². The number of carbonyl (C=O) groups is 1. The van der Waals surface area contributed by atoms with E-state index < -0.39 is 0 Å². The third kappa shape index (κ3) is 4.67. The normalized spacial score (nSPS) is 22.5. The largest absolute Gasteiger partial charge is 0.491 e. The minimum absolute atomic E-state index is 0.0699. The van der Waals surface area contributed by atoms with Crippen LogP contribution in [0.5, 0.6) is 5.75 Å². The van der Waals surface area contributed by atoms with Crippen molar-refractivity contribution in [3.8, 4) is 5.75 Å². The molecule has 3 aliphatic rings. The first-order chi connectivity index (χ1) is 14.6. The van der Waals surface area contributed by atoms with Crippen molar-refractivity contribution in [2.75, 3.05) is 30.3 Å². The average molecular weight is 429 g/mol. The van der Waals surface area contributed by atoms with E-state index in [1.807, 2.05) is 35.2 Å². The molecule has 1 amide bonds. The van der Waals surface area contributed by atoms with E-state index in [-0.39, 0.29) is 11.9 Å². The molecule has 1 aromatic carbocycles. The van der Waals surface area contributed by atoms with Gasteiger partial charge in [0.05, 0.1) is 11.7 Å². The molecule has 1 atom stereocenters. The van der Waals surface area contributed by atoms with Crippen LogP contribution in [0.4, 0.5) is 5.69 Å². The lowest BCUT2D eigenvalue weighted by Gasteiger charge is -2.36. The Morgan fingerprint density at radius 3 is 2.87 bits per heavy atom. The van der Waals surface area contributed by atoms with Gasteiger partial charge in [0, 0.05) is 60.9 Å². The lowest BCUT2D eigenvalue weighted by atomic mass is 9.92. The number of hydrogen-bond acceptors (Lipinski definition) is 6. The summed E-state index contributed by atoms with van der Waals surface area (Å²) < 4.78 is 8.78. The Labute approximate surface area is 183 Å². The molecular weight excluding hydrogens is 396 g/mol. The van der Waals surface area contributed by atoms with Crippen LogP contribution in [-0.4, -0.2) is 54.0 Å². The van der Waals surface area contributed by atoms with Crippen LogP contribution in [0.15, 0.2) is 23.3 Å². The van der Waals surface area contributed by atoms with Gasteiger partial charge >= 0.3 is 0 Å². The van der Waals surface area contributed by atoms with Gasteiger partial charge in [-0.2, -0.15) is 0 Å². The van der Waals surface area contributed by atoms with E-state index in [1.165, 1.54) is 12.2 Å². The van der Waals surface area contributed by atoms with Crippen molar-refractivity contribution in [3.63, 3.8) is 0 Å². The fourth-order valence-electron chi connectivity index (χ4n) is 4.21. The number of nitrogens with zero attached hydrogens (tertiary/aromatic N) is 3. The quantitative estimate of drug-likeness (QED) is 0.530. The number of anilines is 1. The molecule has 0 bridgehead atoms. The molecule has 162 valence electrons. The monoisotopic (exact) mass is 428 g/mol. The maximum Gasteiger partial charge on any atom is 0.224 e. The molecule has 0 aromatic heterocycles. The number of aliphatic imine (C=N–C) groups is 1. The van der Waals surface area contributed by atoms with E-state index in [1.54, 1.807) is 13.1 Å². The first-order valence-corrected chi connectivity index (χ1v) is 11.9. The van der Waals surface area contributed by atoms with Gasteiger partial charge in [-0.05, 0) is 51.2 Å². The van der Waals surface area contributed by atoms with Crippen LogP contribution in [0, 0.1) is 0 Å². The van der Waals surface area contributed by atoms with Crippen molar-refractivity contribution in [2.45, 2.75) is 58.0 Å². The number of ether oxygens (including phenoxy) is 1. The van der Waals surface area contributed by atoms with Gasteiger partial charge in [0.25, 0.3) is 0 Å². The first kappa shape index (κ1) is 21.2. The second-order valence-electron chi connectivity index (χ2n) is 8.31. The SMILES string of the molecule is CC(=O)N1c2ccc(C(C=NC3CC3)=CN)c(OCCN3CCCS3)c2CCC1C. The number of carbonyl (C=O) groups excluding carboxylic acids is 1. The molecule has 1 unspecified atom stereocenters. The molecular formula is C23H32N4O2S. The molecule has 6 nitrogen and oxygen atoms in total.